The molecule has 0 fully saturated rings. The van der Waals surface area contributed by atoms with Gasteiger partial charge in [0.05, 0.1) is 23.1 Å². The summed E-state index contributed by atoms with van der Waals surface area (Å²) in [5, 5.41) is 4.08. The molecule has 0 unspecified atom stereocenters. The molecule has 23 heavy (non-hydrogen) atoms. The Morgan fingerprint density at radius 1 is 1.35 bits per heavy atom. The second kappa shape index (κ2) is 6.34. The Morgan fingerprint density at radius 2 is 2.17 bits per heavy atom. The summed E-state index contributed by atoms with van der Waals surface area (Å²) in [5.74, 6) is 0.724. The van der Waals surface area contributed by atoms with Crippen molar-refractivity contribution in [3.8, 4) is 0 Å². The van der Waals surface area contributed by atoms with Crippen LogP contribution in [-0.4, -0.2) is 39.9 Å². The normalized spacial score (nSPS) is 11.5. The number of carbonyl (C=O) groups excluding carboxylic acids is 1. The molecule has 0 aliphatic rings. The van der Waals surface area contributed by atoms with Crippen LogP contribution in [0.1, 0.15) is 30.6 Å². The minimum absolute atomic E-state index is 0.0344. The maximum atomic E-state index is 12.8. The molecule has 0 spiro atoms. The lowest BCUT2D eigenvalue weighted by Gasteiger charge is -2.10. The second-order valence-electron chi connectivity index (χ2n) is 5.72. The van der Waals surface area contributed by atoms with Gasteiger partial charge in [-0.3, -0.25) is 4.79 Å². The molecule has 0 bridgehead atoms. The standard InChI is InChI=1S/C17H20N4O2/c1-11(2)20-16-15-14(13(22)7-9-23-3)12-6-4-5-8-21(12)17(15)19-10-18-16/h4-6,8,10-11H,7,9H2,1-3H3,(H,18,19,20). The van der Waals surface area contributed by atoms with Crippen molar-refractivity contribution in [2.75, 3.05) is 19.0 Å². The average molecular weight is 312 g/mol. The van der Waals surface area contributed by atoms with Crippen molar-refractivity contribution in [3.63, 3.8) is 0 Å². The van der Waals surface area contributed by atoms with Gasteiger partial charge >= 0.3 is 0 Å². The highest BCUT2D eigenvalue weighted by Crippen LogP contribution is 2.31. The summed E-state index contributed by atoms with van der Waals surface area (Å²) in [6, 6.07) is 5.98. The SMILES string of the molecule is COCCC(=O)c1c2c(NC(C)C)ncnc2n2ccccc12. The average Bonchev–Trinajstić information content (AvgIpc) is 2.88. The zero-order valence-corrected chi connectivity index (χ0v) is 13.5. The number of fused-ring (bicyclic) bond motifs is 3. The Bertz CT molecular complexity index is 854. The minimum atomic E-state index is 0.0344. The van der Waals surface area contributed by atoms with Crippen molar-refractivity contribution in [1.82, 2.24) is 14.4 Å². The van der Waals surface area contributed by atoms with Gasteiger partial charge in [0.15, 0.2) is 11.4 Å². The third-order valence-corrected chi connectivity index (χ3v) is 3.66. The molecular formula is C17H20N4O2. The molecule has 3 aromatic heterocycles. The molecule has 0 aromatic carbocycles. The van der Waals surface area contributed by atoms with Crippen LogP contribution < -0.4 is 5.32 Å². The number of rotatable bonds is 6. The van der Waals surface area contributed by atoms with E-state index in [1.54, 1.807) is 7.11 Å². The maximum Gasteiger partial charge on any atom is 0.168 e. The highest BCUT2D eigenvalue weighted by molar-refractivity contribution is 6.16. The Kier molecular flexibility index (Phi) is 4.25. The molecule has 0 saturated heterocycles. The minimum Gasteiger partial charge on any atom is -0.384 e. The number of hydrogen-bond donors (Lipinski definition) is 1. The van der Waals surface area contributed by atoms with Crippen LogP contribution in [0.4, 0.5) is 5.82 Å². The van der Waals surface area contributed by atoms with Crippen LogP contribution in [-0.2, 0) is 4.74 Å². The van der Waals surface area contributed by atoms with Gasteiger partial charge in [-0.1, -0.05) is 6.07 Å². The molecule has 0 atom stereocenters. The van der Waals surface area contributed by atoms with Gasteiger partial charge in [-0.25, -0.2) is 9.97 Å². The van der Waals surface area contributed by atoms with Crippen LogP contribution in [0.25, 0.3) is 16.6 Å². The fourth-order valence-corrected chi connectivity index (χ4v) is 2.73. The molecule has 0 radical (unpaired) electrons. The highest BCUT2D eigenvalue weighted by Gasteiger charge is 2.22. The second-order valence-corrected chi connectivity index (χ2v) is 5.72. The largest absolute Gasteiger partial charge is 0.384 e. The molecular weight excluding hydrogens is 292 g/mol. The first-order valence-electron chi connectivity index (χ1n) is 7.66. The molecule has 0 aliphatic carbocycles. The van der Waals surface area contributed by atoms with E-state index >= 15 is 0 Å². The van der Waals surface area contributed by atoms with Gasteiger partial charge in [0.2, 0.25) is 0 Å². The Labute approximate surface area is 134 Å². The first kappa shape index (κ1) is 15.4. The van der Waals surface area contributed by atoms with E-state index in [1.165, 1.54) is 6.33 Å². The van der Waals surface area contributed by atoms with E-state index in [1.807, 2.05) is 42.6 Å². The van der Waals surface area contributed by atoms with Crippen LogP contribution in [0.2, 0.25) is 0 Å². The van der Waals surface area contributed by atoms with E-state index in [0.29, 0.717) is 24.4 Å². The Balaban J connectivity index is 2.30. The fraction of sp³-hybridized carbons (Fsp3) is 0.353. The smallest absolute Gasteiger partial charge is 0.168 e. The van der Waals surface area contributed by atoms with Gasteiger partial charge in [0.25, 0.3) is 0 Å². The highest BCUT2D eigenvalue weighted by atomic mass is 16.5. The summed E-state index contributed by atoms with van der Waals surface area (Å²) in [6.45, 7) is 4.47. The number of ether oxygens (including phenoxy) is 1. The van der Waals surface area contributed by atoms with Gasteiger partial charge in [0, 0.05) is 25.8 Å². The maximum absolute atomic E-state index is 12.8. The molecule has 3 heterocycles. The van der Waals surface area contributed by atoms with E-state index in [4.69, 9.17) is 4.74 Å². The monoisotopic (exact) mass is 312 g/mol. The van der Waals surface area contributed by atoms with Gasteiger partial charge < -0.3 is 14.5 Å². The number of anilines is 1. The summed E-state index contributed by atoms with van der Waals surface area (Å²) in [7, 11) is 1.60. The van der Waals surface area contributed by atoms with Crippen molar-refractivity contribution in [2.45, 2.75) is 26.3 Å². The number of methoxy groups -OCH3 is 1. The lowest BCUT2D eigenvalue weighted by molar-refractivity contribution is 0.0935. The third-order valence-electron chi connectivity index (χ3n) is 3.66. The quantitative estimate of drug-likeness (QED) is 0.709. The van der Waals surface area contributed by atoms with Crippen LogP contribution in [0.5, 0.6) is 0 Å². The Hall–Kier alpha value is -2.47. The summed E-state index contributed by atoms with van der Waals surface area (Å²) >= 11 is 0. The predicted molar refractivity (Wildman–Crippen MR) is 90.1 cm³/mol. The van der Waals surface area contributed by atoms with Crippen molar-refractivity contribution >= 4 is 28.2 Å². The Morgan fingerprint density at radius 3 is 2.91 bits per heavy atom. The molecule has 0 amide bonds. The van der Waals surface area contributed by atoms with Crippen molar-refractivity contribution in [3.05, 3.63) is 36.3 Å². The van der Waals surface area contributed by atoms with Gasteiger partial charge in [0.1, 0.15) is 12.1 Å². The van der Waals surface area contributed by atoms with Crippen molar-refractivity contribution in [2.24, 2.45) is 0 Å². The number of carbonyl (C=O) groups is 1. The van der Waals surface area contributed by atoms with Crippen LogP contribution >= 0.6 is 0 Å². The molecule has 0 saturated carbocycles. The van der Waals surface area contributed by atoms with Crippen LogP contribution in [0.15, 0.2) is 30.7 Å². The number of ketones is 1. The van der Waals surface area contributed by atoms with E-state index in [9.17, 15) is 4.79 Å². The summed E-state index contributed by atoms with van der Waals surface area (Å²) in [6.07, 6.45) is 3.77. The molecule has 3 aromatic rings. The molecule has 0 aliphatic heterocycles. The number of nitrogens with zero attached hydrogens (tertiary/aromatic N) is 3. The number of nitrogens with one attached hydrogen (secondary N) is 1. The molecule has 6 nitrogen and oxygen atoms in total. The number of aromatic nitrogens is 3. The van der Waals surface area contributed by atoms with E-state index in [-0.39, 0.29) is 11.8 Å². The third kappa shape index (κ3) is 2.77. The number of hydrogen-bond acceptors (Lipinski definition) is 5. The van der Waals surface area contributed by atoms with E-state index < -0.39 is 0 Å². The fourth-order valence-electron chi connectivity index (χ4n) is 2.73. The molecule has 6 heteroatoms. The van der Waals surface area contributed by atoms with E-state index in [0.717, 1.165) is 16.6 Å². The molecule has 1 N–H and O–H groups in total. The first-order valence-corrected chi connectivity index (χ1v) is 7.66. The zero-order chi connectivity index (χ0) is 16.4. The summed E-state index contributed by atoms with van der Waals surface area (Å²) in [4.78, 5) is 21.5. The van der Waals surface area contributed by atoms with Crippen molar-refractivity contribution < 1.29 is 9.53 Å². The zero-order valence-electron chi connectivity index (χ0n) is 13.5. The van der Waals surface area contributed by atoms with Gasteiger partial charge in [-0.2, -0.15) is 0 Å². The predicted octanol–water partition coefficient (Wildman–Crippen LogP) is 2.92. The molecule has 3 rings (SSSR count). The number of pyridine rings is 1. The van der Waals surface area contributed by atoms with Crippen LogP contribution in [0.3, 0.4) is 0 Å². The summed E-state index contributed by atoms with van der Waals surface area (Å²) in [5.41, 5.74) is 2.23. The topological polar surface area (TPSA) is 68.5 Å². The van der Waals surface area contributed by atoms with Gasteiger partial charge in [-0.15, -0.1) is 0 Å². The van der Waals surface area contributed by atoms with Crippen molar-refractivity contribution in [1.29, 1.82) is 0 Å². The lowest BCUT2D eigenvalue weighted by atomic mass is 10.1. The first-order chi connectivity index (χ1) is 11.1. The number of Topliss-reactive ketones (excluding diaryl/α,β-unsaturated/α-hetero) is 1. The summed E-state index contributed by atoms with van der Waals surface area (Å²) < 4.78 is 6.99. The van der Waals surface area contributed by atoms with Gasteiger partial charge in [-0.05, 0) is 26.0 Å². The van der Waals surface area contributed by atoms with E-state index in [2.05, 4.69) is 15.3 Å². The molecule has 120 valence electrons. The van der Waals surface area contributed by atoms with Crippen LogP contribution in [0, 0.1) is 0 Å². The lowest BCUT2D eigenvalue weighted by Crippen LogP contribution is -2.12.